The Bertz CT molecular complexity index is 1540. The Morgan fingerprint density at radius 1 is 1.05 bits per heavy atom. The van der Waals surface area contributed by atoms with Crippen LogP contribution in [0.5, 0.6) is 5.75 Å². The Morgan fingerprint density at radius 2 is 1.77 bits per heavy atom. The lowest BCUT2D eigenvalue weighted by atomic mass is 9.99. The van der Waals surface area contributed by atoms with Gasteiger partial charge in [-0.3, -0.25) is 14.6 Å². The molecule has 0 aliphatic carbocycles. The fraction of sp³-hybridized carbons (Fsp3) is 0.312. The second-order valence-electron chi connectivity index (χ2n) is 10.8. The first-order valence-corrected chi connectivity index (χ1v) is 14.1. The lowest BCUT2D eigenvalue weighted by molar-refractivity contribution is -0.157. The lowest BCUT2D eigenvalue weighted by Gasteiger charge is -2.46. The van der Waals surface area contributed by atoms with Crippen molar-refractivity contribution in [3.05, 3.63) is 90.5 Å². The van der Waals surface area contributed by atoms with E-state index in [4.69, 9.17) is 4.74 Å². The van der Waals surface area contributed by atoms with E-state index >= 15 is 0 Å². The summed E-state index contributed by atoms with van der Waals surface area (Å²) in [5.74, 6) is -0.0256. The normalized spacial score (nSPS) is 18.4. The molecule has 3 aromatic rings. The molecular formula is C32H36N6O5. The lowest BCUT2D eigenvalue weighted by Crippen LogP contribution is -2.65. The van der Waals surface area contributed by atoms with Crippen molar-refractivity contribution in [2.45, 2.75) is 25.2 Å². The Balaban J connectivity index is 1.48. The van der Waals surface area contributed by atoms with E-state index in [-0.39, 0.29) is 43.9 Å². The van der Waals surface area contributed by atoms with Gasteiger partial charge >= 0.3 is 12.1 Å². The molecular weight excluding hydrogens is 548 g/mol. The van der Waals surface area contributed by atoms with Crippen molar-refractivity contribution in [1.29, 1.82) is 0 Å². The zero-order valence-corrected chi connectivity index (χ0v) is 24.6. The number of fused-ring (bicyclic) bond motifs is 2. The van der Waals surface area contributed by atoms with Crippen LogP contribution in [-0.4, -0.2) is 102 Å². The highest BCUT2D eigenvalue weighted by Gasteiger charge is 2.52. The summed E-state index contributed by atoms with van der Waals surface area (Å²) in [7, 11) is 4.73. The predicted molar refractivity (Wildman–Crippen MR) is 162 cm³/mol. The number of nitrogens with one attached hydrogen (secondary N) is 1. The molecule has 0 bridgehead atoms. The number of amides is 5. The van der Waals surface area contributed by atoms with Crippen molar-refractivity contribution in [1.82, 2.24) is 30.0 Å². The Hall–Kier alpha value is -4.90. The van der Waals surface area contributed by atoms with Crippen LogP contribution in [0.15, 0.2) is 79.4 Å². The molecule has 0 unspecified atom stereocenters. The van der Waals surface area contributed by atoms with E-state index in [0.29, 0.717) is 12.3 Å². The third kappa shape index (κ3) is 6.02. The molecule has 43 heavy (non-hydrogen) atoms. The number of carbonyl (C=O) groups excluding carboxylic acids is 4. The number of ether oxygens (including phenoxy) is 1. The van der Waals surface area contributed by atoms with Gasteiger partial charge in [0.15, 0.2) is 0 Å². The first-order valence-electron chi connectivity index (χ1n) is 14.1. The summed E-state index contributed by atoms with van der Waals surface area (Å²) in [6, 6.07) is 19.8. The summed E-state index contributed by atoms with van der Waals surface area (Å²) in [4.78, 5) is 57.2. The van der Waals surface area contributed by atoms with E-state index in [2.05, 4.69) is 11.9 Å². The SMILES string of the molecule is C=CCN(C(=O)NC)N1CC(=O)N2[C@@H](Cc3ccc(OC(=O)N(C)C)cc3)C(=O)N(Cc3cccc4ccccc34)C[C@@H]21. The van der Waals surface area contributed by atoms with Gasteiger partial charge in [-0.05, 0) is 34.0 Å². The topological polar surface area (TPSA) is 106 Å². The summed E-state index contributed by atoms with van der Waals surface area (Å²) in [5.41, 5.74) is 1.80. The van der Waals surface area contributed by atoms with Crippen LogP contribution >= 0.6 is 0 Å². The first-order chi connectivity index (χ1) is 20.7. The largest absolute Gasteiger partial charge is 0.414 e. The van der Waals surface area contributed by atoms with Gasteiger partial charge in [0.25, 0.3) is 0 Å². The zero-order chi connectivity index (χ0) is 30.7. The molecule has 2 aliphatic heterocycles. The number of nitrogens with zero attached hydrogens (tertiary/aromatic N) is 5. The zero-order valence-electron chi connectivity index (χ0n) is 24.6. The molecule has 5 rings (SSSR count). The maximum atomic E-state index is 14.2. The molecule has 0 spiro atoms. The van der Waals surface area contributed by atoms with Crippen LogP contribution in [0.1, 0.15) is 11.1 Å². The fourth-order valence-corrected chi connectivity index (χ4v) is 5.69. The summed E-state index contributed by atoms with van der Waals surface area (Å²) in [6.07, 6.45) is 0.809. The summed E-state index contributed by atoms with van der Waals surface area (Å²) < 4.78 is 5.33. The summed E-state index contributed by atoms with van der Waals surface area (Å²) in [5, 5.41) is 7.96. The van der Waals surface area contributed by atoms with E-state index in [9.17, 15) is 19.2 Å². The maximum Gasteiger partial charge on any atom is 0.414 e. The van der Waals surface area contributed by atoms with Gasteiger partial charge in [0.05, 0.1) is 19.6 Å². The molecule has 2 heterocycles. The van der Waals surface area contributed by atoms with Crippen molar-refractivity contribution >= 4 is 34.7 Å². The number of benzene rings is 3. The van der Waals surface area contributed by atoms with Gasteiger partial charge in [0.2, 0.25) is 11.8 Å². The minimum atomic E-state index is -0.795. The molecule has 0 aromatic heterocycles. The van der Waals surface area contributed by atoms with E-state index in [1.807, 2.05) is 42.5 Å². The van der Waals surface area contributed by atoms with Gasteiger partial charge in [-0.2, -0.15) is 5.01 Å². The van der Waals surface area contributed by atoms with Gasteiger partial charge < -0.3 is 24.8 Å². The molecule has 2 fully saturated rings. The minimum absolute atomic E-state index is 0.0444. The fourth-order valence-electron chi connectivity index (χ4n) is 5.69. The average Bonchev–Trinajstić information content (AvgIpc) is 3.33. The number of carbonyl (C=O) groups is 4. The molecule has 2 saturated heterocycles. The van der Waals surface area contributed by atoms with Crippen molar-refractivity contribution in [3.63, 3.8) is 0 Å². The maximum absolute atomic E-state index is 14.2. The molecule has 11 heteroatoms. The van der Waals surface area contributed by atoms with Gasteiger partial charge in [-0.25, -0.2) is 9.59 Å². The molecule has 0 radical (unpaired) electrons. The standard InChI is InChI=1S/C32H36N6O5/c1-5-17-36(31(41)33-2)37-21-29(39)38-27(18-22-13-15-25(16-14-22)43-32(42)34(3)4)30(40)35(20-28(37)38)19-24-11-8-10-23-9-6-7-12-26(23)24/h5-16,27-28H,1,17-21H2,2-4H3,(H,33,41)/t27-,28+/m0/s1. The summed E-state index contributed by atoms with van der Waals surface area (Å²) >= 11 is 0. The molecule has 2 atom stereocenters. The van der Waals surface area contributed by atoms with Gasteiger partial charge in [-0.1, -0.05) is 60.7 Å². The quantitative estimate of drug-likeness (QED) is 0.408. The summed E-state index contributed by atoms with van der Waals surface area (Å²) in [6.45, 7) is 4.52. The van der Waals surface area contributed by atoms with Gasteiger partial charge in [-0.15, -0.1) is 6.58 Å². The molecule has 5 amide bonds. The highest BCUT2D eigenvalue weighted by molar-refractivity contribution is 5.92. The van der Waals surface area contributed by atoms with Crippen LogP contribution in [0.4, 0.5) is 9.59 Å². The van der Waals surface area contributed by atoms with Crippen molar-refractivity contribution in [2.24, 2.45) is 0 Å². The smallest absolute Gasteiger partial charge is 0.410 e. The second-order valence-corrected chi connectivity index (χ2v) is 10.8. The number of rotatable bonds is 8. The third-order valence-electron chi connectivity index (χ3n) is 7.79. The van der Waals surface area contributed by atoms with Crippen molar-refractivity contribution in [3.8, 4) is 5.75 Å². The van der Waals surface area contributed by atoms with Crippen LogP contribution in [0.25, 0.3) is 10.8 Å². The Kier molecular flexibility index (Phi) is 8.63. The van der Waals surface area contributed by atoms with E-state index < -0.39 is 18.3 Å². The average molecular weight is 585 g/mol. The van der Waals surface area contributed by atoms with Crippen LogP contribution in [0, 0.1) is 0 Å². The van der Waals surface area contributed by atoms with Crippen LogP contribution in [0.2, 0.25) is 0 Å². The predicted octanol–water partition coefficient (Wildman–Crippen LogP) is 3.07. The van der Waals surface area contributed by atoms with Crippen LogP contribution in [0.3, 0.4) is 0 Å². The molecule has 2 aliphatic rings. The number of urea groups is 1. The van der Waals surface area contributed by atoms with Crippen molar-refractivity contribution in [2.75, 3.05) is 40.8 Å². The van der Waals surface area contributed by atoms with Crippen LogP contribution < -0.4 is 10.1 Å². The molecule has 1 N–H and O–H groups in total. The number of hydrogen-bond acceptors (Lipinski definition) is 6. The second kappa shape index (κ2) is 12.5. The number of piperazine rings is 1. The monoisotopic (exact) mass is 584 g/mol. The van der Waals surface area contributed by atoms with Crippen LogP contribution in [-0.2, 0) is 22.6 Å². The molecule has 11 nitrogen and oxygen atoms in total. The Labute approximate surface area is 250 Å². The van der Waals surface area contributed by atoms with Gasteiger partial charge in [0, 0.05) is 34.1 Å². The van der Waals surface area contributed by atoms with E-state index in [0.717, 1.165) is 21.9 Å². The third-order valence-corrected chi connectivity index (χ3v) is 7.79. The number of hydrogen-bond donors (Lipinski definition) is 1. The molecule has 0 saturated carbocycles. The molecule has 3 aromatic carbocycles. The highest BCUT2D eigenvalue weighted by Crippen LogP contribution is 2.31. The minimum Gasteiger partial charge on any atom is -0.410 e. The van der Waals surface area contributed by atoms with E-state index in [1.54, 1.807) is 59.2 Å². The number of hydrazine groups is 1. The van der Waals surface area contributed by atoms with Crippen molar-refractivity contribution < 1.29 is 23.9 Å². The van der Waals surface area contributed by atoms with Gasteiger partial charge in [0.1, 0.15) is 18.0 Å². The van der Waals surface area contributed by atoms with E-state index in [1.165, 1.54) is 17.0 Å². The first kappa shape index (κ1) is 29.6. The highest BCUT2D eigenvalue weighted by atomic mass is 16.6. The molecule has 224 valence electrons. The Morgan fingerprint density at radius 3 is 2.47 bits per heavy atom.